The van der Waals surface area contributed by atoms with Gasteiger partial charge in [0, 0.05) is 11.5 Å². The maximum Gasteiger partial charge on any atom is 0.334 e. The van der Waals surface area contributed by atoms with Crippen LogP contribution in [0, 0.1) is 17.2 Å². The molecule has 1 aliphatic carbocycles. The minimum Gasteiger partial charge on any atom is -0.453 e. The van der Waals surface area contributed by atoms with Crippen LogP contribution in [0.25, 0.3) is 0 Å². The Morgan fingerprint density at radius 2 is 2.06 bits per heavy atom. The summed E-state index contributed by atoms with van der Waals surface area (Å²) in [6, 6.07) is 9.40. The molecular formula is C15H13NO2. The summed E-state index contributed by atoms with van der Waals surface area (Å²) in [4.78, 5) is 11.8. The zero-order valence-electron chi connectivity index (χ0n) is 9.93. The molecule has 90 valence electrons. The van der Waals surface area contributed by atoms with E-state index in [2.05, 4.69) is 6.07 Å². The molecule has 1 fully saturated rings. The fourth-order valence-electron chi connectivity index (χ4n) is 2.76. The average Bonchev–Trinajstić information content (AvgIpc) is 2.77. The lowest BCUT2D eigenvalue weighted by molar-refractivity contribution is -0.139. The number of carbonyl (C=O) groups is 1. The van der Waals surface area contributed by atoms with Crippen molar-refractivity contribution in [3.63, 3.8) is 0 Å². The van der Waals surface area contributed by atoms with E-state index in [0.717, 1.165) is 30.4 Å². The second-order valence-electron chi connectivity index (χ2n) is 4.76. The van der Waals surface area contributed by atoms with Crippen LogP contribution in [0.3, 0.4) is 0 Å². The highest BCUT2D eigenvalue weighted by Crippen LogP contribution is 2.44. The molecule has 2 atom stereocenters. The van der Waals surface area contributed by atoms with E-state index in [1.807, 2.05) is 18.2 Å². The van der Waals surface area contributed by atoms with Crippen LogP contribution in [0.4, 0.5) is 0 Å². The van der Waals surface area contributed by atoms with Gasteiger partial charge in [0.2, 0.25) is 0 Å². The van der Waals surface area contributed by atoms with Gasteiger partial charge >= 0.3 is 5.97 Å². The Balaban J connectivity index is 1.93. The topological polar surface area (TPSA) is 50.1 Å². The van der Waals surface area contributed by atoms with Crippen LogP contribution in [-0.4, -0.2) is 5.97 Å². The first-order valence-corrected chi connectivity index (χ1v) is 6.20. The lowest BCUT2D eigenvalue weighted by Crippen LogP contribution is -2.11. The van der Waals surface area contributed by atoms with Gasteiger partial charge in [-0.3, -0.25) is 0 Å². The maximum atomic E-state index is 11.8. The average molecular weight is 239 g/mol. The molecule has 1 saturated heterocycles. The van der Waals surface area contributed by atoms with Gasteiger partial charge in [-0.15, -0.1) is 0 Å². The molecule has 0 spiro atoms. The van der Waals surface area contributed by atoms with Crippen molar-refractivity contribution in [1.82, 2.24) is 0 Å². The maximum absolute atomic E-state index is 11.8. The van der Waals surface area contributed by atoms with Crippen molar-refractivity contribution in [3.05, 3.63) is 47.0 Å². The number of nitriles is 1. The Labute approximate surface area is 106 Å². The van der Waals surface area contributed by atoms with Crippen LogP contribution in [0.15, 0.2) is 35.9 Å². The molecule has 0 N–H and O–H groups in total. The number of rotatable bonds is 1. The molecule has 0 unspecified atom stereocenters. The predicted octanol–water partition coefficient (Wildman–Crippen LogP) is 2.88. The molecule has 0 amide bonds. The third-order valence-corrected chi connectivity index (χ3v) is 3.69. The fourth-order valence-corrected chi connectivity index (χ4v) is 2.76. The molecule has 1 aliphatic heterocycles. The molecule has 3 nitrogen and oxygen atoms in total. The number of nitrogens with zero attached hydrogens (tertiary/aromatic N) is 1. The van der Waals surface area contributed by atoms with E-state index in [1.54, 1.807) is 12.1 Å². The summed E-state index contributed by atoms with van der Waals surface area (Å²) in [6.07, 6.45) is 4.93. The van der Waals surface area contributed by atoms with Crippen LogP contribution in [-0.2, 0) is 9.53 Å². The summed E-state index contributed by atoms with van der Waals surface area (Å²) >= 11 is 0. The van der Waals surface area contributed by atoms with Crippen LogP contribution >= 0.6 is 0 Å². The van der Waals surface area contributed by atoms with E-state index < -0.39 is 0 Å². The molecule has 1 heterocycles. The third kappa shape index (κ3) is 1.70. The van der Waals surface area contributed by atoms with E-state index in [0.29, 0.717) is 5.56 Å². The molecule has 1 aromatic rings. The molecule has 2 aliphatic rings. The summed E-state index contributed by atoms with van der Waals surface area (Å²) in [5, 5.41) is 8.78. The van der Waals surface area contributed by atoms with E-state index in [1.165, 1.54) is 0 Å². The summed E-state index contributed by atoms with van der Waals surface area (Å²) in [6.45, 7) is 0. The Bertz CT molecular complexity index is 551. The molecular weight excluding hydrogens is 226 g/mol. The van der Waals surface area contributed by atoms with Crippen LogP contribution in [0.1, 0.15) is 36.5 Å². The van der Waals surface area contributed by atoms with Crippen molar-refractivity contribution in [2.75, 3.05) is 0 Å². The summed E-state index contributed by atoms with van der Waals surface area (Å²) in [5.74, 6) is 0.0215. The zero-order chi connectivity index (χ0) is 12.5. The number of allylic oxidation sites excluding steroid dienone is 1. The number of hydrogen-bond acceptors (Lipinski definition) is 3. The molecule has 3 heteroatoms. The number of ether oxygens (including phenoxy) is 1. The van der Waals surface area contributed by atoms with Crippen molar-refractivity contribution in [2.24, 2.45) is 5.92 Å². The van der Waals surface area contributed by atoms with Crippen LogP contribution < -0.4 is 0 Å². The highest BCUT2D eigenvalue weighted by Gasteiger charge is 2.41. The number of carbonyl (C=O) groups excluding carboxylic acids is 1. The van der Waals surface area contributed by atoms with Crippen molar-refractivity contribution in [3.8, 4) is 6.07 Å². The van der Waals surface area contributed by atoms with Crippen molar-refractivity contribution < 1.29 is 9.53 Å². The van der Waals surface area contributed by atoms with Crippen molar-refractivity contribution in [2.45, 2.75) is 25.4 Å². The van der Waals surface area contributed by atoms with Gasteiger partial charge in [0.1, 0.15) is 6.10 Å². The first kappa shape index (κ1) is 11.0. The Morgan fingerprint density at radius 3 is 2.78 bits per heavy atom. The fraction of sp³-hybridized carbons (Fsp3) is 0.333. The molecule has 0 saturated carbocycles. The quantitative estimate of drug-likeness (QED) is 0.708. The Kier molecular flexibility index (Phi) is 2.64. The SMILES string of the molecule is N#Cc1ccc([C@H]2OC(=O)C3=CCCC[C@H]32)cc1. The minimum atomic E-state index is -0.172. The second kappa shape index (κ2) is 4.30. The van der Waals surface area contributed by atoms with Crippen molar-refractivity contribution >= 4 is 5.97 Å². The molecule has 1 aromatic carbocycles. The highest BCUT2D eigenvalue weighted by molar-refractivity contribution is 5.91. The van der Waals surface area contributed by atoms with E-state index in [9.17, 15) is 4.79 Å². The zero-order valence-corrected chi connectivity index (χ0v) is 9.93. The lowest BCUT2D eigenvalue weighted by Gasteiger charge is -2.20. The van der Waals surface area contributed by atoms with Gasteiger partial charge in [-0.05, 0) is 37.0 Å². The van der Waals surface area contributed by atoms with E-state index in [4.69, 9.17) is 10.00 Å². The van der Waals surface area contributed by atoms with Gasteiger partial charge < -0.3 is 4.74 Å². The first-order chi connectivity index (χ1) is 8.79. The number of esters is 1. The van der Waals surface area contributed by atoms with Crippen LogP contribution in [0.2, 0.25) is 0 Å². The largest absolute Gasteiger partial charge is 0.453 e. The predicted molar refractivity (Wildman–Crippen MR) is 65.4 cm³/mol. The first-order valence-electron chi connectivity index (χ1n) is 6.20. The number of hydrogen-bond donors (Lipinski definition) is 0. The highest BCUT2D eigenvalue weighted by atomic mass is 16.6. The summed E-state index contributed by atoms with van der Waals surface area (Å²) in [5.41, 5.74) is 2.45. The van der Waals surface area contributed by atoms with Gasteiger partial charge in [0.05, 0.1) is 11.6 Å². The molecule has 0 bridgehead atoms. The lowest BCUT2D eigenvalue weighted by atomic mass is 9.83. The summed E-state index contributed by atoms with van der Waals surface area (Å²) < 4.78 is 5.48. The number of benzene rings is 1. The smallest absolute Gasteiger partial charge is 0.334 e. The Morgan fingerprint density at radius 1 is 1.28 bits per heavy atom. The van der Waals surface area contributed by atoms with E-state index in [-0.39, 0.29) is 18.0 Å². The normalized spacial score (nSPS) is 25.9. The molecule has 0 aromatic heterocycles. The van der Waals surface area contributed by atoms with Gasteiger partial charge in [-0.2, -0.15) is 5.26 Å². The standard InChI is InChI=1S/C15H13NO2/c16-9-10-5-7-11(8-6-10)14-12-3-1-2-4-13(12)15(17)18-14/h4-8,12,14H,1-3H2/t12-,14-/m1/s1. The van der Waals surface area contributed by atoms with Gasteiger partial charge in [0.25, 0.3) is 0 Å². The number of cyclic esters (lactones) is 1. The van der Waals surface area contributed by atoms with Crippen molar-refractivity contribution in [1.29, 1.82) is 5.26 Å². The van der Waals surface area contributed by atoms with Gasteiger partial charge in [0.15, 0.2) is 0 Å². The van der Waals surface area contributed by atoms with E-state index >= 15 is 0 Å². The molecule has 3 rings (SSSR count). The molecule has 0 radical (unpaired) electrons. The number of fused-ring (bicyclic) bond motifs is 1. The Hall–Kier alpha value is -2.08. The minimum absolute atomic E-state index is 0.170. The van der Waals surface area contributed by atoms with Gasteiger partial charge in [-0.1, -0.05) is 18.2 Å². The van der Waals surface area contributed by atoms with Gasteiger partial charge in [-0.25, -0.2) is 4.79 Å². The second-order valence-corrected chi connectivity index (χ2v) is 4.76. The summed E-state index contributed by atoms with van der Waals surface area (Å²) in [7, 11) is 0. The monoisotopic (exact) mass is 239 g/mol. The molecule has 18 heavy (non-hydrogen) atoms. The third-order valence-electron chi connectivity index (χ3n) is 3.69. The van der Waals surface area contributed by atoms with Crippen LogP contribution in [0.5, 0.6) is 0 Å².